The third-order valence-electron chi connectivity index (χ3n) is 2.94. The van der Waals surface area contributed by atoms with E-state index in [1.165, 1.54) is 12.1 Å². The molecule has 0 aliphatic heterocycles. The molecule has 0 aliphatic rings. The smallest absolute Gasteiger partial charge is 0.178 e. The van der Waals surface area contributed by atoms with E-state index in [-0.39, 0.29) is 5.82 Å². The van der Waals surface area contributed by atoms with Crippen LogP contribution in [0.25, 0.3) is 11.0 Å². The Balaban J connectivity index is 2.07. The van der Waals surface area contributed by atoms with Crippen LogP contribution in [0.3, 0.4) is 0 Å². The molecule has 90 valence electrons. The molecule has 0 saturated heterocycles. The second kappa shape index (κ2) is 4.38. The highest BCUT2D eigenvalue weighted by Gasteiger charge is 2.04. The number of nitrogens with zero attached hydrogens (tertiary/aromatic N) is 1. The summed E-state index contributed by atoms with van der Waals surface area (Å²) in [5, 5.41) is 0. The molecule has 1 aromatic heterocycles. The van der Waals surface area contributed by atoms with Crippen molar-refractivity contribution in [3.05, 3.63) is 64.7 Å². The van der Waals surface area contributed by atoms with Crippen molar-refractivity contribution in [2.24, 2.45) is 0 Å². The maximum Gasteiger partial charge on any atom is 0.178 e. The van der Waals surface area contributed by atoms with Crippen molar-refractivity contribution < 1.29 is 4.39 Å². The summed E-state index contributed by atoms with van der Waals surface area (Å²) in [6, 6.07) is 14.4. The Hall–Kier alpha value is -1.94. The van der Waals surface area contributed by atoms with E-state index in [4.69, 9.17) is 12.2 Å². The van der Waals surface area contributed by atoms with Gasteiger partial charge in [-0.1, -0.05) is 24.3 Å². The average molecular weight is 258 g/mol. The van der Waals surface area contributed by atoms with Crippen LogP contribution in [0.1, 0.15) is 5.56 Å². The highest BCUT2D eigenvalue weighted by Crippen LogP contribution is 2.15. The van der Waals surface area contributed by atoms with Crippen molar-refractivity contribution >= 4 is 23.3 Å². The predicted octanol–water partition coefficient (Wildman–Crippen LogP) is 3.89. The molecule has 0 atom stereocenters. The van der Waals surface area contributed by atoms with Gasteiger partial charge in [-0.3, -0.25) is 0 Å². The van der Waals surface area contributed by atoms with Gasteiger partial charge in [0.1, 0.15) is 5.82 Å². The SMILES string of the molecule is Fc1ccc(Cn2c(=S)[nH]c3ccccc32)cc1. The number of nitrogens with one attached hydrogen (secondary N) is 1. The number of benzene rings is 2. The number of aromatic nitrogens is 2. The summed E-state index contributed by atoms with van der Waals surface area (Å²) in [6.45, 7) is 0.642. The summed E-state index contributed by atoms with van der Waals surface area (Å²) in [5.74, 6) is -0.221. The second-order valence-electron chi connectivity index (χ2n) is 4.16. The molecule has 1 N–H and O–H groups in total. The lowest BCUT2D eigenvalue weighted by Crippen LogP contribution is -1.99. The molecule has 0 spiro atoms. The lowest BCUT2D eigenvalue weighted by atomic mass is 10.2. The molecular weight excluding hydrogens is 247 g/mol. The number of hydrogen-bond donors (Lipinski definition) is 1. The van der Waals surface area contributed by atoms with Crippen LogP contribution < -0.4 is 0 Å². The third kappa shape index (κ3) is 1.95. The first-order chi connectivity index (χ1) is 8.74. The Labute approximate surface area is 109 Å². The number of H-pyrrole nitrogens is 1. The van der Waals surface area contributed by atoms with E-state index < -0.39 is 0 Å². The number of aromatic amines is 1. The van der Waals surface area contributed by atoms with Crippen LogP contribution in [0.5, 0.6) is 0 Å². The molecular formula is C14H11FN2S. The standard InChI is InChI=1S/C14H11FN2S/c15-11-7-5-10(6-8-11)9-17-13-4-2-1-3-12(13)16-14(17)18/h1-8H,9H2,(H,16,18). The molecule has 2 aromatic carbocycles. The van der Waals surface area contributed by atoms with Gasteiger partial charge in [-0.05, 0) is 42.0 Å². The lowest BCUT2D eigenvalue weighted by Gasteiger charge is -2.04. The normalized spacial score (nSPS) is 10.9. The Morgan fingerprint density at radius 1 is 1.06 bits per heavy atom. The maximum atomic E-state index is 12.9. The van der Waals surface area contributed by atoms with E-state index in [2.05, 4.69) is 4.98 Å². The van der Waals surface area contributed by atoms with Gasteiger partial charge in [-0.15, -0.1) is 0 Å². The fourth-order valence-corrected chi connectivity index (χ4v) is 2.31. The molecule has 1 heterocycles. The van der Waals surface area contributed by atoms with Crippen molar-refractivity contribution in [2.45, 2.75) is 6.54 Å². The van der Waals surface area contributed by atoms with Crippen molar-refractivity contribution in [1.29, 1.82) is 0 Å². The molecule has 0 saturated carbocycles. The van der Waals surface area contributed by atoms with Crippen LogP contribution >= 0.6 is 12.2 Å². The monoisotopic (exact) mass is 258 g/mol. The molecule has 18 heavy (non-hydrogen) atoms. The van der Waals surface area contributed by atoms with Crippen molar-refractivity contribution in [3.8, 4) is 0 Å². The minimum absolute atomic E-state index is 0.221. The fourth-order valence-electron chi connectivity index (χ4n) is 2.04. The first-order valence-electron chi connectivity index (χ1n) is 5.66. The van der Waals surface area contributed by atoms with Crippen LogP contribution in [0.4, 0.5) is 4.39 Å². The second-order valence-corrected chi connectivity index (χ2v) is 4.55. The minimum atomic E-state index is -0.221. The van der Waals surface area contributed by atoms with Gasteiger partial charge in [0, 0.05) is 0 Å². The number of hydrogen-bond acceptors (Lipinski definition) is 1. The first kappa shape index (κ1) is 11.2. The molecule has 3 aromatic rings. The first-order valence-corrected chi connectivity index (χ1v) is 6.07. The van der Waals surface area contributed by atoms with Gasteiger partial charge < -0.3 is 9.55 Å². The molecule has 2 nitrogen and oxygen atoms in total. The molecule has 0 radical (unpaired) electrons. The molecule has 3 rings (SSSR count). The quantitative estimate of drug-likeness (QED) is 0.692. The zero-order chi connectivity index (χ0) is 12.5. The van der Waals surface area contributed by atoms with E-state index in [0.717, 1.165) is 16.6 Å². The van der Waals surface area contributed by atoms with Gasteiger partial charge in [-0.25, -0.2) is 4.39 Å². The summed E-state index contributed by atoms with van der Waals surface area (Å²) in [7, 11) is 0. The van der Waals surface area contributed by atoms with Gasteiger partial charge in [-0.2, -0.15) is 0 Å². The zero-order valence-corrected chi connectivity index (χ0v) is 10.4. The van der Waals surface area contributed by atoms with Gasteiger partial charge in [0.2, 0.25) is 0 Å². The Morgan fingerprint density at radius 3 is 2.56 bits per heavy atom. The van der Waals surface area contributed by atoms with Gasteiger partial charge in [0.05, 0.1) is 17.6 Å². The molecule has 0 amide bonds. The Kier molecular flexibility index (Phi) is 2.72. The van der Waals surface area contributed by atoms with E-state index in [1.54, 1.807) is 12.1 Å². The maximum absolute atomic E-state index is 12.9. The summed E-state index contributed by atoms with van der Waals surface area (Å²) in [4.78, 5) is 3.16. The van der Waals surface area contributed by atoms with E-state index >= 15 is 0 Å². The average Bonchev–Trinajstić information content (AvgIpc) is 2.69. The number of rotatable bonds is 2. The Morgan fingerprint density at radius 2 is 1.78 bits per heavy atom. The van der Waals surface area contributed by atoms with Gasteiger partial charge in [0.15, 0.2) is 4.77 Å². The summed E-state index contributed by atoms with van der Waals surface area (Å²) >= 11 is 5.31. The van der Waals surface area contributed by atoms with Crippen LogP contribution in [-0.2, 0) is 6.54 Å². The van der Waals surface area contributed by atoms with Crippen molar-refractivity contribution in [3.63, 3.8) is 0 Å². The van der Waals surface area contributed by atoms with E-state index in [0.29, 0.717) is 11.3 Å². The third-order valence-corrected chi connectivity index (χ3v) is 3.26. The molecule has 0 aliphatic carbocycles. The summed E-state index contributed by atoms with van der Waals surface area (Å²) in [6.07, 6.45) is 0. The van der Waals surface area contributed by atoms with Crippen LogP contribution in [0.2, 0.25) is 0 Å². The van der Waals surface area contributed by atoms with Crippen LogP contribution in [0, 0.1) is 10.6 Å². The fraction of sp³-hybridized carbons (Fsp3) is 0.0714. The van der Waals surface area contributed by atoms with Gasteiger partial charge >= 0.3 is 0 Å². The number of imidazole rings is 1. The Bertz CT molecular complexity index is 740. The molecule has 0 unspecified atom stereocenters. The van der Waals surface area contributed by atoms with E-state index in [9.17, 15) is 4.39 Å². The number of halogens is 1. The highest BCUT2D eigenvalue weighted by molar-refractivity contribution is 7.71. The van der Waals surface area contributed by atoms with Crippen LogP contribution in [-0.4, -0.2) is 9.55 Å². The van der Waals surface area contributed by atoms with E-state index in [1.807, 2.05) is 28.8 Å². The highest BCUT2D eigenvalue weighted by atomic mass is 32.1. The molecule has 0 fully saturated rings. The summed E-state index contributed by atoms with van der Waals surface area (Å²) in [5.41, 5.74) is 3.11. The number of fused-ring (bicyclic) bond motifs is 1. The molecule has 4 heteroatoms. The number of para-hydroxylation sites is 2. The van der Waals surface area contributed by atoms with Crippen molar-refractivity contribution in [1.82, 2.24) is 9.55 Å². The van der Waals surface area contributed by atoms with Crippen molar-refractivity contribution in [2.75, 3.05) is 0 Å². The molecule has 0 bridgehead atoms. The van der Waals surface area contributed by atoms with Gasteiger partial charge in [0.25, 0.3) is 0 Å². The minimum Gasteiger partial charge on any atom is -0.331 e. The topological polar surface area (TPSA) is 20.7 Å². The zero-order valence-electron chi connectivity index (χ0n) is 9.56. The summed E-state index contributed by atoms with van der Waals surface area (Å²) < 4.78 is 15.6. The predicted molar refractivity (Wildman–Crippen MR) is 72.6 cm³/mol. The van der Waals surface area contributed by atoms with Crippen LogP contribution in [0.15, 0.2) is 48.5 Å². The lowest BCUT2D eigenvalue weighted by molar-refractivity contribution is 0.626. The largest absolute Gasteiger partial charge is 0.331 e.